The molecule has 0 atom stereocenters. The highest BCUT2D eigenvalue weighted by Gasteiger charge is 2.37. The third-order valence-corrected chi connectivity index (χ3v) is 5.06. The zero-order valence-electron chi connectivity index (χ0n) is 14.2. The Morgan fingerprint density at radius 2 is 1.71 bits per heavy atom. The lowest BCUT2D eigenvalue weighted by Crippen LogP contribution is -2.45. The molecular weight excluding hydrogens is 303 g/mol. The predicted molar refractivity (Wildman–Crippen MR) is 94.6 cm³/mol. The monoisotopic (exact) mass is 326 g/mol. The maximum atomic E-state index is 13.2. The number of hydrogen-bond donors (Lipinski definition) is 2. The van der Waals surface area contributed by atoms with Crippen LogP contribution in [0.15, 0.2) is 42.5 Å². The van der Waals surface area contributed by atoms with Crippen LogP contribution in [0.3, 0.4) is 0 Å². The minimum Gasteiger partial charge on any atom is -0.328 e. The Balaban J connectivity index is 1.79. The highest BCUT2D eigenvalue weighted by atomic mass is 19.1. The summed E-state index contributed by atoms with van der Waals surface area (Å²) < 4.78 is 13.2. The van der Waals surface area contributed by atoms with Crippen molar-refractivity contribution in [3.63, 3.8) is 0 Å². The van der Waals surface area contributed by atoms with Crippen molar-refractivity contribution < 1.29 is 9.18 Å². The zero-order valence-corrected chi connectivity index (χ0v) is 14.2. The van der Waals surface area contributed by atoms with Gasteiger partial charge >= 0.3 is 6.03 Å². The predicted octanol–water partition coefficient (Wildman–Crippen LogP) is 5.03. The Morgan fingerprint density at radius 1 is 1.04 bits per heavy atom. The third kappa shape index (κ3) is 3.28. The van der Waals surface area contributed by atoms with E-state index in [2.05, 4.69) is 10.6 Å². The molecule has 0 aliphatic heterocycles. The van der Waals surface area contributed by atoms with E-state index in [0.29, 0.717) is 0 Å². The van der Waals surface area contributed by atoms with Crippen LogP contribution in [0.2, 0.25) is 0 Å². The molecule has 0 unspecified atom stereocenters. The summed E-state index contributed by atoms with van der Waals surface area (Å²) in [6.45, 7) is 4.02. The fraction of sp³-hybridized carbons (Fsp3) is 0.350. The number of aryl methyl sites for hydroxylation is 1. The molecule has 0 aromatic heterocycles. The van der Waals surface area contributed by atoms with Gasteiger partial charge in [0.25, 0.3) is 0 Å². The van der Waals surface area contributed by atoms with Crippen molar-refractivity contribution >= 4 is 11.7 Å². The van der Waals surface area contributed by atoms with Crippen LogP contribution < -0.4 is 10.6 Å². The summed E-state index contributed by atoms with van der Waals surface area (Å²) in [7, 11) is 0. The first-order valence-corrected chi connectivity index (χ1v) is 8.42. The first-order chi connectivity index (χ1) is 11.5. The van der Waals surface area contributed by atoms with Crippen LogP contribution in [-0.4, -0.2) is 6.03 Å². The minimum absolute atomic E-state index is 0.213. The van der Waals surface area contributed by atoms with Crippen LogP contribution in [0.4, 0.5) is 14.9 Å². The lowest BCUT2D eigenvalue weighted by molar-refractivity contribution is 0.236. The fourth-order valence-corrected chi connectivity index (χ4v) is 3.49. The smallest absolute Gasteiger partial charge is 0.319 e. The zero-order chi connectivity index (χ0) is 17.2. The number of amides is 2. The Kier molecular flexibility index (Phi) is 4.56. The van der Waals surface area contributed by atoms with E-state index < -0.39 is 5.54 Å². The number of urea groups is 1. The molecule has 0 saturated heterocycles. The molecule has 2 aromatic carbocycles. The number of rotatable bonds is 3. The molecule has 24 heavy (non-hydrogen) atoms. The normalized spacial score (nSPS) is 16.0. The van der Waals surface area contributed by atoms with Crippen LogP contribution in [0.1, 0.15) is 42.4 Å². The van der Waals surface area contributed by atoms with E-state index >= 15 is 0 Å². The molecule has 0 spiro atoms. The molecule has 1 aliphatic rings. The summed E-state index contributed by atoms with van der Waals surface area (Å²) in [5.74, 6) is -0.258. The van der Waals surface area contributed by atoms with Gasteiger partial charge < -0.3 is 10.6 Å². The molecule has 2 N–H and O–H groups in total. The molecule has 1 fully saturated rings. The van der Waals surface area contributed by atoms with E-state index in [1.807, 2.05) is 32.0 Å². The molecule has 126 valence electrons. The Labute approximate surface area is 142 Å². The highest BCUT2D eigenvalue weighted by Crippen LogP contribution is 2.38. The average Bonchev–Trinajstić information content (AvgIpc) is 3.02. The number of anilines is 1. The van der Waals surface area contributed by atoms with Crippen molar-refractivity contribution in [2.24, 2.45) is 0 Å². The summed E-state index contributed by atoms with van der Waals surface area (Å²) >= 11 is 0. The maximum absolute atomic E-state index is 13.2. The largest absolute Gasteiger partial charge is 0.328 e. The van der Waals surface area contributed by atoms with E-state index in [1.165, 1.54) is 12.1 Å². The Morgan fingerprint density at radius 3 is 2.38 bits per heavy atom. The van der Waals surface area contributed by atoms with Gasteiger partial charge in [0.05, 0.1) is 5.54 Å². The summed E-state index contributed by atoms with van der Waals surface area (Å²) in [5.41, 5.74) is 3.59. The lowest BCUT2D eigenvalue weighted by atomic mass is 9.88. The van der Waals surface area contributed by atoms with Gasteiger partial charge in [-0.05, 0) is 61.6 Å². The van der Waals surface area contributed by atoms with E-state index in [9.17, 15) is 9.18 Å². The van der Waals surface area contributed by atoms with Gasteiger partial charge in [-0.1, -0.05) is 37.1 Å². The summed E-state index contributed by atoms with van der Waals surface area (Å²) in [6, 6.07) is 12.1. The molecule has 0 bridgehead atoms. The van der Waals surface area contributed by atoms with Gasteiger partial charge in [0.1, 0.15) is 5.82 Å². The van der Waals surface area contributed by atoms with Crippen LogP contribution in [0.25, 0.3) is 0 Å². The van der Waals surface area contributed by atoms with Crippen LogP contribution in [0.5, 0.6) is 0 Å². The first kappa shape index (κ1) is 16.5. The molecule has 3 rings (SSSR count). The van der Waals surface area contributed by atoms with Gasteiger partial charge in [0.2, 0.25) is 0 Å². The quantitative estimate of drug-likeness (QED) is 0.815. The Bertz CT molecular complexity index is 734. The topological polar surface area (TPSA) is 41.1 Å². The molecule has 0 heterocycles. The number of nitrogens with one attached hydrogen (secondary N) is 2. The molecular formula is C20H23FN2O. The minimum atomic E-state index is -0.407. The molecule has 0 radical (unpaired) electrons. The van der Waals surface area contributed by atoms with Crippen molar-refractivity contribution in [3.05, 3.63) is 65.0 Å². The SMILES string of the molecule is Cc1cccc(NC(=O)NC2(c3ccc(F)cc3)CCCC2)c1C. The van der Waals surface area contributed by atoms with Gasteiger partial charge in [-0.15, -0.1) is 0 Å². The van der Waals surface area contributed by atoms with E-state index in [-0.39, 0.29) is 11.8 Å². The summed E-state index contributed by atoms with van der Waals surface area (Å²) in [4.78, 5) is 12.6. The van der Waals surface area contributed by atoms with Gasteiger partial charge in [0.15, 0.2) is 0 Å². The molecule has 3 nitrogen and oxygen atoms in total. The van der Waals surface area contributed by atoms with Crippen LogP contribution in [-0.2, 0) is 5.54 Å². The van der Waals surface area contributed by atoms with Crippen molar-refractivity contribution in [1.29, 1.82) is 0 Å². The number of hydrogen-bond acceptors (Lipinski definition) is 1. The lowest BCUT2D eigenvalue weighted by Gasteiger charge is -2.31. The second-order valence-corrected chi connectivity index (χ2v) is 6.62. The Hall–Kier alpha value is -2.36. The molecule has 2 aromatic rings. The average molecular weight is 326 g/mol. The van der Waals surface area contributed by atoms with Crippen LogP contribution in [0, 0.1) is 19.7 Å². The standard InChI is InChI=1S/C20H23FN2O/c1-14-6-5-7-18(15(14)2)22-19(24)23-20(12-3-4-13-20)16-8-10-17(21)11-9-16/h5-11H,3-4,12-13H2,1-2H3,(H2,22,23,24). The second kappa shape index (κ2) is 6.63. The molecule has 4 heteroatoms. The number of halogens is 1. The van der Waals surface area contributed by atoms with E-state index in [4.69, 9.17) is 0 Å². The van der Waals surface area contributed by atoms with Gasteiger partial charge in [-0.2, -0.15) is 0 Å². The van der Waals surface area contributed by atoms with E-state index in [0.717, 1.165) is 48.1 Å². The number of benzene rings is 2. The third-order valence-electron chi connectivity index (χ3n) is 5.06. The maximum Gasteiger partial charge on any atom is 0.319 e. The van der Waals surface area contributed by atoms with Crippen molar-refractivity contribution in [2.45, 2.75) is 45.1 Å². The summed E-state index contributed by atoms with van der Waals surface area (Å²) in [5, 5.41) is 6.11. The number of carbonyl (C=O) groups excluding carboxylic acids is 1. The highest BCUT2D eigenvalue weighted by molar-refractivity contribution is 5.90. The van der Waals surface area contributed by atoms with Crippen molar-refractivity contribution in [3.8, 4) is 0 Å². The summed E-state index contributed by atoms with van der Waals surface area (Å²) in [6.07, 6.45) is 3.86. The molecule has 1 aliphatic carbocycles. The van der Waals surface area contributed by atoms with Gasteiger partial charge in [0, 0.05) is 5.69 Å². The van der Waals surface area contributed by atoms with Crippen molar-refractivity contribution in [2.75, 3.05) is 5.32 Å². The molecule has 1 saturated carbocycles. The number of carbonyl (C=O) groups is 1. The second-order valence-electron chi connectivity index (χ2n) is 6.62. The van der Waals surface area contributed by atoms with Crippen molar-refractivity contribution in [1.82, 2.24) is 5.32 Å². The fourth-order valence-electron chi connectivity index (χ4n) is 3.49. The van der Waals surface area contributed by atoms with Crippen LogP contribution >= 0.6 is 0 Å². The molecule has 2 amide bonds. The van der Waals surface area contributed by atoms with Gasteiger partial charge in [-0.3, -0.25) is 0 Å². The first-order valence-electron chi connectivity index (χ1n) is 8.42. The van der Waals surface area contributed by atoms with E-state index in [1.54, 1.807) is 12.1 Å². The van der Waals surface area contributed by atoms with Gasteiger partial charge in [-0.25, -0.2) is 9.18 Å².